The highest BCUT2D eigenvalue weighted by atomic mass is 35.5. The average Bonchev–Trinajstić information content (AvgIpc) is 2.68. The van der Waals surface area contributed by atoms with Gasteiger partial charge in [-0.2, -0.15) is 0 Å². The molecule has 0 aliphatic heterocycles. The summed E-state index contributed by atoms with van der Waals surface area (Å²) in [7, 11) is 1.51. The summed E-state index contributed by atoms with van der Waals surface area (Å²) in [5.74, 6) is 0.529. The van der Waals surface area contributed by atoms with Gasteiger partial charge in [-0.15, -0.1) is 0 Å². The Hall–Kier alpha value is -2.83. The van der Waals surface area contributed by atoms with Gasteiger partial charge in [0.1, 0.15) is 23.1 Å². The van der Waals surface area contributed by atoms with E-state index in [1.165, 1.54) is 19.2 Å². The number of nitrogens with zero attached hydrogens (tertiary/aromatic N) is 1. The number of aromatic hydroxyl groups is 1. The maximum Gasteiger partial charge on any atom is 0.132 e. The Kier molecular flexibility index (Phi) is 6.34. The number of rotatable bonds is 7. The lowest BCUT2D eigenvalue weighted by Gasteiger charge is -2.13. The minimum Gasteiger partial charge on any atom is -0.507 e. The first-order valence-corrected chi connectivity index (χ1v) is 9.10. The number of hydrogen-bond donors (Lipinski definition) is 3. The normalized spacial score (nSPS) is 10.7. The summed E-state index contributed by atoms with van der Waals surface area (Å²) >= 11 is 6.23. The number of hydrogen-bond acceptors (Lipinski definition) is 5. The SMILES string of the molecule is COc1ccc(-c2cc(-c3c(F)cccc3Cl)cc(NCCCO)n2)c(O)c1. The van der Waals surface area contributed by atoms with Crippen molar-refractivity contribution >= 4 is 17.4 Å². The molecule has 0 fully saturated rings. The van der Waals surface area contributed by atoms with Gasteiger partial charge in [0.25, 0.3) is 0 Å². The van der Waals surface area contributed by atoms with Crippen molar-refractivity contribution in [2.24, 2.45) is 0 Å². The van der Waals surface area contributed by atoms with Crippen LogP contribution in [0.2, 0.25) is 5.02 Å². The van der Waals surface area contributed by atoms with Gasteiger partial charge in [-0.3, -0.25) is 0 Å². The highest BCUT2D eigenvalue weighted by molar-refractivity contribution is 6.33. The monoisotopic (exact) mass is 402 g/mol. The van der Waals surface area contributed by atoms with Crippen LogP contribution in [0.4, 0.5) is 10.2 Å². The highest BCUT2D eigenvalue weighted by Crippen LogP contribution is 2.37. The molecule has 3 N–H and O–H groups in total. The van der Waals surface area contributed by atoms with Gasteiger partial charge in [-0.1, -0.05) is 17.7 Å². The number of aliphatic hydroxyl groups excluding tert-OH is 1. The Labute approximate surface area is 167 Å². The second-order valence-electron chi connectivity index (χ2n) is 6.11. The van der Waals surface area contributed by atoms with Crippen LogP contribution in [0.25, 0.3) is 22.4 Å². The Balaban J connectivity index is 2.13. The van der Waals surface area contributed by atoms with Crippen molar-refractivity contribution in [1.82, 2.24) is 4.98 Å². The first kappa shape index (κ1) is 19.9. The zero-order valence-electron chi connectivity index (χ0n) is 15.2. The molecule has 0 aliphatic carbocycles. The van der Waals surface area contributed by atoms with Gasteiger partial charge in [0, 0.05) is 30.3 Å². The standard InChI is InChI=1S/C21H20ClFN2O3/c1-28-14-6-7-15(19(27)12-14)18-10-13(11-20(25-18)24-8-3-9-26)21-16(22)4-2-5-17(21)23/h2,4-7,10-12,26-27H,3,8-9H2,1H3,(H,24,25). The molecule has 146 valence electrons. The Morgan fingerprint density at radius 3 is 2.68 bits per heavy atom. The van der Waals surface area contributed by atoms with E-state index in [0.717, 1.165) is 0 Å². The molecular weight excluding hydrogens is 383 g/mol. The molecule has 1 aromatic heterocycles. The van der Waals surface area contributed by atoms with E-state index < -0.39 is 5.82 Å². The molecule has 3 rings (SSSR count). The molecular formula is C21H20ClFN2O3. The zero-order chi connectivity index (χ0) is 20.1. The number of aliphatic hydroxyl groups is 1. The summed E-state index contributed by atoms with van der Waals surface area (Å²) in [5.41, 5.74) is 1.70. The molecule has 0 spiro atoms. The van der Waals surface area contributed by atoms with Gasteiger partial charge in [-0.05, 0) is 48.4 Å². The topological polar surface area (TPSA) is 74.6 Å². The number of ether oxygens (including phenoxy) is 1. The maximum absolute atomic E-state index is 14.5. The fourth-order valence-corrected chi connectivity index (χ4v) is 3.10. The van der Waals surface area contributed by atoms with Crippen LogP contribution < -0.4 is 10.1 Å². The number of benzene rings is 2. The molecule has 0 aliphatic rings. The maximum atomic E-state index is 14.5. The van der Waals surface area contributed by atoms with E-state index in [0.29, 0.717) is 41.4 Å². The number of anilines is 1. The van der Waals surface area contributed by atoms with Crippen molar-refractivity contribution in [2.75, 3.05) is 25.6 Å². The predicted octanol–water partition coefficient (Wildman–Crippen LogP) is 4.72. The molecule has 2 aromatic carbocycles. The molecule has 0 saturated carbocycles. The summed E-state index contributed by atoms with van der Waals surface area (Å²) in [5, 5.41) is 22.8. The van der Waals surface area contributed by atoms with Crippen LogP contribution in [-0.2, 0) is 0 Å². The van der Waals surface area contributed by atoms with Gasteiger partial charge in [0.15, 0.2) is 0 Å². The van der Waals surface area contributed by atoms with Crippen molar-refractivity contribution in [3.63, 3.8) is 0 Å². The Bertz CT molecular complexity index is 962. The fraction of sp³-hybridized carbons (Fsp3) is 0.190. The van der Waals surface area contributed by atoms with E-state index in [2.05, 4.69) is 10.3 Å². The summed E-state index contributed by atoms with van der Waals surface area (Å²) in [6, 6.07) is 12.7. The lowest BCUT2D eigenvalue weighted by atomic mass is 10.0. The second-order valence-corrected chi connectivity index (χ2v) is 6.52. The van der Waals surface area contributed by atoms with Crippen molar-refractivity contribution in [3.8, 4) is 33.9 Å². The van der Waals surface area contributed by atoms with Crippen LogP contribution in [0.5, 0.6) is 11.5 Å². The molecule has 0 radical (unpaired) electrons. The first-order valence-electron chi connectivity index (χ1n) is 8.72. The number of aromatic nitrogens is 1. The lowest BCUT2D eigenvalue weighted by Crippen LogP contribution is -2.06. The number of phenolic OH excluding ortho intramolecular Hbond substituents is 1. The molecule has 0 atom stereocenters. The summed E-state index contributed by atoms with van der Waals surface area (Å²) < 4.78 is 19.6. The fourth-order valence-electron chi connectivity index (χ4n) is 2.83. The van der Waals surface area contributed by atoms with Crippen molar-refractivity contribution in [3.05, 3.63) is 59.4 Å². The molecule has 3 aromatic rings. The van der Waals surface area contributed by atoms with Crippen LogP contribution in [0.3, 0.4) is 0 Å². The van der Waals surface area contributed by atoms with Crippen molar-refractivity contribution in [1.29, 1.82) is 0 Å². The highest BCUT2D eigenvalue weighted by Gasteiger charge is 2.15. The number of methoxy groups -OCH3 is 1. The van der Waals surface area contributed by atoms with Crippen LogP contribution in [-0.4, -0.2) is 35.5 Å². The van der Waals surface area contributed by atoms with Crippen molar-refractivity contribution < 1.29 is 19.3 Å². The molecule has 0 unspecified atom stereocenters. The molecule has 7 heteroatoms. The van der Waals surface area contributed by atoms with E-state index in [9.17, 15) is 9.50 Å². The van der Waals surface area contributed by atoms with Gasteiger partial charge >= 0.3 is 0 Å². The molecule has 0 saturated heterocycles. The van der Waals surface area contributed by atoms with E-state index in [-0.39, 0.29) is 22.9 Å². The van der Waals surface area contributed by atoms with E-state index >= 15 is 0 Å². The van der Waals surface area contributed by atoms with E-state index in [1.807, 2.05) is 0 Å². The van der Waals surface area contributed by atoms with Crippen LogP contribution >= 0.6 is 11.6 Å². The molecule has 1 heterocycles. The van der Waals surface area contributed by atoms with Gasteiger partial charge in [-0.25, -0.2) is 9.37 Å². The van der Waals surface area contributed by atoms with Gasteiger partial charge in [0.05, 0.1) is 17.8 Å². The zero-order valence-corrected chi connectivity index (χ0v) is 16.0. The quantitative estimate of drug-likeness (QED) is 0.499. The minimum absolute atomic E-state index is 0.00932. The third-order valence-electron chi connectivity index (χ3n) is 4.20. The lowest BCUT2D eigenvalue weighted by molar-refractivity contribution is 0.292. The molecule has 5 nitrogen and oxygen atoms in total. The Morgan fingerprint density at radius 2 is 2.00 bits per heavy atom. The Morgan fingerprint density at radius 1 is 1.18 bits per heavy atom. The van der Waals surface area contributed by atoms with Crippen molar-refractivity contribution in [2.45, 2.75) is 6.42 Å². The smallest absolute Gasteiger partial charge is 0.132 e. The van der Waals surface area contributed by atoms with Crippen LogP contribution in [0.15, 0.2) is 48.5 Å². The summed E-state index contributed by atoms with van der Waals surface area (Å²) in [6.07, 6.45) is 0.537. The number of halogens is 2. The van der Waals surface area contributed by atoms with Gasteiger partial charge in [0.2, 0.25) is 0 Å². The second kappa shape index (κ2) is 8.91. The predicted molar refractivity (Wildman–Crippen MR) is 108 cm³/mol. The number of phenols is 1. The largest absolute Gasteiger partial charge is 0.507 e. The van der Waals surface area contributed by atoms with Crippen LogP contribution in [0.1, 0.15) is 6.42 Å². The third-order valence-corrected chi connectivity index (χ3v) is 4.51. The number of pyridine rings is 1. The summed E-state index contributed by atoms with van der Waals surface area (Å²) in [6.45, 7) is 0.532. The van der Waals surface area contributed by atoms with E-state index in [4.69, 9.17) is 21.4 Å². The number of nitrogens with one attached hydrogen (secondary N) is 1. The van der Waals surface area contributed by atoms with Gasteiger partial charge < -0.3 is 20.3 Å². The third kappa shape index (κ3) is 4.35. The van der Waals surface area contributed by atoms with Crippen LogP contribution in [0, 0.1) is 5.82 Å². The minimum atomic E-state index is -0.454. The van der Waals surface area contributed by atoms with E-state index in [1.54, 1.807) is 36.4 Å². The molecule has 0 amide bonds. The average molecular weight is 403 g/mol. The first-order chi connectivity index (χ1) is 13.5. The molecule has 28 heavy (non-hydrogen) atoms. The summed E-state index contributed by atoms with van der Waals surface area (Å²) in [4.78, 5) is 4.52. The molecule has 0 bridgehead atoms.